The summed E-state index contributed by atoms with van der Waals surface area (Å²) in [6.07, 6.45) is 0.119. The minimum Gasteiger partial charge on any atom is -0.445 e. The first-order valence-corrected chi connectivity index (χ1v) is 26.0. The van der Waals surface area contributed by atoms with Crippen molar-refractivity contribution in [2.45, 2.75) is 85.0 Å². The van der Waals surface area contributed by atoms with Crippen molar-refractivity contribution in [1.82, 2.24) is 31.5 Å². The number of benzene rings is 3. The normalized spacial score (nSPS) is 12.3. The molecule has 0 aromatic heterocycles. The highest BCUT2D eigenvalue weighted by atomic mass is 16.6. The summed E-state index contributed by atoms with van der Waals surface area (Å²) in [5.41, 5.74) is 9.66. The molecule has 8 N–H and O–H groups in total. The summed E-state index contributed by atoms with van der Waals surface area (Å²) in [6.45, 7) is 12.9. The van der Waals surface area contributed by atoms with Crippen LogP contribution in [-0.4, -0.2) is 151 Å². The van der Waals surface area contributed by atoms with Crippen LogP contribution in [0.3, 0.4) is 0 Å². The van der Waals surface area contributed by atoms with Gasteiger partial charge in [-0.1, -0.05) is 75.1 Å². The van der Waals surface area contributed by atoms with Gasteiger partial charge in [0, 0.05) is 68.8 Å². The lowest BCUT2D eigenvalue weighted by atomic mass is 10.0. The van der Waals surface area contributed by atoms with E-state index in [9.17, 15) is 33.6 Å². The molecule has 21 nitrogen and oxygen atoms in total. The Bertz CT molecular complexity index is 2380. The van der Waals surface area contributed by atoms with Crippen molar-refractivity contribution in [1.29, 1.82) is 0 Å². The first-order valence-electron chi connectivity index (χ1n) is 26.0. The van der Waals surface area contributed by atoms with Crippen LogP contribution in [0.15, 0.2) is 72.8 Å². The van der Waals surface area contributed by atoms with Gasteiger partial charge in [0.05, 0.1) is 65.1 Å². The molecule has 8 amide bonds. The highest BCUT2D eigenvalue weighted by Crippen LogP contribution is 2.26. The number of nitrogens with one attached hydrogen (secondary N) is 6. The van der Waals surface area contributed by atoms with Gasteiger partial charge < -0.3 is 71.1 Å². The Labute approximate surface area is 446 Å². The highest BCUT2D eigenvalue weighted by molar-refractivity contribution is 5.99. The first-order chi connectivity index (χ1) is 36.8. The zero-order valence-electron chi connectivity index (χ0n) is 44.4. The van der Waals surface area contributed by atoms with E-state index in [0.717, 1.165) is 28.9 Å². The molecule has 2 atom stereocenters. The van der Waals surface area contributed by atoms with E-state index in [2.05, 4.69) is 43.7 Å². The number of rotatable bonds is 35. The number of urea groups is 1. The van der Waals surface area contributed by atoms with Crippen molar-refractivity contribution in [3.63, 3.8) is 0 Å². The van der Waals surface area contributed by atoms with Crippen LogP contribution < -0.4 is 42.5 Å². The van der Waals surface area contributed by atoms with E-state index in [1.165, 1.54) is 0 Å². The van der Waals surface area contributed by atoms with Crippen LogP contribution in [-0.2, 0) is 60.8 Å². The lowest BCUT2D eigenvalue weighted by molar-refractivity contribution is -0.132. The average molecular weight is 1060 g/mol. The van der Waals surface area contributed by atoms with Crippen molar-refractivity contribution >= 4 is 53.0 Å². The number of hydrogen-bond donors (Lipinski definition) is 7. The van der Waals surface area contributed by atoms with E-state index < -0.39 is 41.9 Å². The molecule has 0 spiro atoms. The molecular weight excluding hydrogens is 979 g/mol. The quantitative estimate of drug-likeness (QED) is 0.0329. The van der Waals surface area contributed by atoms with Crippen LogP contribution in [0, 0.1) is 17.8 Å². The SMILES string of the molecule is CCNCCN(CC)C(=O)OCc1ccc(NC(=O)[C@H](CCCNC(N)=O)NC(=O)[C@@H](NC(=O)CCOCCOCCOCCOCCNC(=O)CCC(=O)N2Cc3ccccc3C#Cc3ccccc32)C(C)C)cc1. The first kappa shape index (κ1) is 61.5. The maximum absolute atomic E-state index is 13.6. The predicted molar refractivity (Wildman–Crippen MR) is 287 cm³/mol. The largest absolute Gasteiger partial charge is 0.445 e. The molecule has 4 rings (SSSR count). The summed E-state index contributed by atoms with van der Waals surface area (Å²) >= 11 is 0. The fourth-order valence-corrected chi connectivity index (χ4v) is 7.59. The van der Waals surface area contributed by atoms with E-state index in [1.54, 1.807) is 47.9 Å². The second-order valence-corrected chi connectivity index (χ2v) is 17.9. The number of nitrogens with two attached hydrogens (primary N) is 1. The molecule has 3 aromatic rings. The van der Waals surface area contributed by atoms with Gasteiger partial charge in [-0.05, 0) is 73.7 Å². The standard InChI is InChI=1S/C55H77N9O12/c1-5-57-27-29-63(6-2)55(71)76-39-41-17-21-45(22-18-41)60-52(68)46(15-11-26-59-54(56)70)61-53(69)51(40(3)4)62-49(66)25-30-72-32-34-74-36-37-75-35-33-73-31-28-58-48(65)23-24-50(67)64-38-44-14-8-7-12-42(44)19-20-43-13-9-10-16-47(43)64/h7-10,12-14,16-18,21-22,40,46,51,57H,5-6,11,15,23-39H2,1-4H3,(H,58,65)(H,60,68)(H,61,69)(H,62,66)(H3,56,59,70)/t46-,51-/m0/s1. The Balaban J connectivity index is 1.05. The van der Waals surface area contributed by atoms with Gasteiger partial charge in [-0.3, -0.25) is 24.0 Å². The predicted octanol–water partition coefficient (Wildman–Crippen LogP) is 3.57. The van der Waals surface area contributed by atoms with Crippen molar-refractivity contribution in [2.24, 2.45) is 11.7 Å². The van der Waals surface area contributed by atoms with Crippen LogP contribution in [0.5, 0.6) is 0 Å². The molecule has 1 aliphatic heterocycles. The Morgan fingerprint density at radius 2 is 1.33 bits per heavy atom. The number of amides is 8. The van der Waals surface area contributed by atoms with Crippen LogP contribution in [0.4, 0.5) is 21.0 Å². The molecule has 0 radical (unpaired) electrons. The fourth-order valence-electron chi connectivity index (χ4n) is 7.59. The molecular formula is C55H77N9O12. The third kappa shape index (κ3) is 23.2. The minimum absolute atomic E-state index is 0.0193. The molecule has 76 heavy (non-hydrogen) atoms. The molecule has 0 bridgehead atoms. The van der Waals surface area contributed by atoms with Gasteiger partial charge in [0.25, 0.3) is 0 Å². The van der Waals surface area contributed by atoms with Gasteiger partial charge in [-0.15, -0.1) is 0 Å². The van der Waals surface area contributed by atoms with Crippen molar-refractivity contribution in [2.75, 3.05) is 102 Å². The van der Waals surface area contributed by atoms with E-state index in [0.29, 0.717) is 76.8 Å². The maximum Gasteiger partial charge on any atom is 0.410 e. The zero-order chi connectivity index (χ0) is 54.9. The number of primary amides is 1. The number of anilines is 2. The van der Waals surface area contributed by atoms with Crippen molar-refractivity contribution in [3.05, 3.63) is 95.1 Å². The van der Waals surface area contributed by atoms with Crippen LogP contribution in [0.2, 0.25) is 0 Å². The monoisotopic (exact) mass is 1060 g/mol. The molecule has 0 fully saturated rings. The number of carbonyl (C=O) groups is 7. The molecule has 0 saturated carbocycles. The molecule has 1 heterocycles. The van der Waals surface area contributed by atoms with E-state index in [1.807, 2.05) is 62.4 Å². The molecule has 3 aromatic carbocycles. The Kier molecular flexibility index (Phi) is 28.5. The third-order valence-electron chi connectivity index (χ3n) is 11.8. The fraction of sp³-hybridized carbons (Fsp3) is 0.509. The second kappa shape index (κ2) is 35.2. The van der Waals surface area contributed by atoms with Gasteiger partial charge in [0.1, 0.15) is 18.7 Å². The average Bonchev–Trinajstić information content (AvgIpc) is 3.40. The summed E-state index contributed by atoms with van der Waals surface area (Å²) in [5.74, 6) is 4.17. The summed E-state index contributed by atoms with van der Waals surface area (Å²) in [6, 6.07) is 19.3. The maximum atomic E-state index is 13.6. The molecule has 0 unspecified atom stereocenters. The Morgan fingerprint density at radius 3 is 2.00 bits per heavy atom. The summed E-state index contributed by atoms with van der Waals surface area (Å²) in [5, 5.41) is 16.8. The summed E-state index contributed by atoms with van der Waals surface area (Å²) in [7, 11) is 0. The minimum atomic E-state index is -1.02. The van der Waals surface area contributed by atoms with Crippen LogP contribution in [0.25, 0.3) is 0 Å². The van der Waals surface area contributed by atoms with Crippen LogP contribution >= 0.6 is 0 Å². The van der Waals surface area contributed by atoms with Gasteiger partial charge in [0.2, 0.25) is 29.5 Å². The second-order valence-electron chi connectivity index (χ2n) is 17.9. The van der Waals surface area contributed by atoms with E-state index in [4.69, 9.17) is 29.4 Å². The van der Waals surface area contributed by atoms with Gasteiger partial charge in [0.15, 0.2) is 0 Å². The lowest BCUT2D eigenvalue weighted by Gasteiger charge is -2.26. The zero-order valence-corrected chi connectivity index (χ0v) is 44.4. The number of ether oxygens (including phenoxy) is 5. The van der Waals surface area contributed by atoms with E-state index in [-0.39, 0.29) is 83.0 Å². The Hall–Kier alpha value is -7.09. The van der Waals surface area contributed by atoms with Crippen LogP contribution in [0.1, 0.15) is 82.1 Å². The van der Waals surface area contributed by atoms with Crippen molar-refractivity contribution < 1.29 is 57.2 Å². The number of nitrogens with zero attached hydrogens (tertiary/aromatic N) is 2. The summed E-state index contributed by atoms with van der Waals surface area (Å²) < 4.78 is 27.7. The number of fused-ring (bicyclic) bond motifs is 2. The highest BCUT2D eigenvalue weighted by Gasteiger charge is 2.29. The molecule has 21 heteroatoms. The van der Waals surface area contributed by atoms with E-state index >= 15 is 0 Å². The topological polar surface area (TPSA) is 270 Å². The number of para-hydroxylation sites is 1. The number of carbonyl (C=O) groups excluding carboxylic acids is 7. The van der Waals surface area contributed by atoms with Gasteiger partial charge in [-0.25, -0.2) is 9.59 Å². The van der Waals surface area contributed by atoms with Gasteiger partial charge in [-0.2, -0.15) is 0 Å². The summed E-state index contributed by atoms with van der Waals surface area (Å²) in [4.78, 5) is 93.0. The molecule has 0 aliphatic carbocycles. The smallest absolute Gasteiger partial charge is 0.410 e. The number of hydrogen-bond acceptors (Lipinski definition) is 13. The van der Waals surface area contributed by atoms with Gasteiger partial charge >= 0.3 is 12.1 Å². The molecule has 1 aliphatic rings. The van der Waals surface area contributed by atoms with Crippen molar-refractivity contribution in [3.8, 4) is 11.8 Å². The lowest BCUT2D eigenvalue weighted by Crippen LogP contribution is -2.54. The number of likely N-dealkylation sites (N-methyl/N-ethyl adjacent to an activating group) is 2. The molecule has 414 valence electrons. The molecule has 0 saturated heterocycles. The third-order valence-corrected chi connectivity index (χ3v) is 11.8. The Morgan fingerprint density at radius 1 is 0.684 bits per heavy atom.